The van der Waals surface area contributed by atoms with Crippen LogP contribution in [0.2, 0.25) is 0 Å². The van der Waals surface area contributed by atoms with Gasteiger partial charge in [-0.1, -0.05) is 19.9 Å². The first-order valence-electron chi connectivity index (χ1n) is 5.69. The predicted octanol–water partition coefficient (Wildman–Crippen LogP) is 3.63. The van der Waals surface area contributed by atoms with Gasteiger partial charge in [-0.15, -0.1) is 23.5 Å². The van der Waals surface area contributed by atoms with Crippen LogP contribution in [-0.2, 0) is 4.79 Å². The summed E-state index contributed by atoms with van der Waals surface area (Å²) in [5, 5.41) is 17.8. The highest BCUT2D eigenvalue weighted by atomic mass is 32.2. The zero-order chi connectivity index (χ0) is 13.5. The number of aliphatic carboxylic acids is 1. The van der Waals surface area contributed by atoms with E-state index in [1.165, 1.54) is 11.8 Å². The second kappa shape index (κ2) is 7.34. The normalized spacial score (nSPS) is 11.8. The highest BCUT2D eigenvalue weighted by Gasteiger charge is 2.19. The maximum Gasteiger partial charge on any atom is 0.316 e. The van der Waals surface area contributed by atoms with Gasteiger partial charge in [-0.05, 0) is 24.3 Å². The lowest BCUT2D eigenvalue weighted by molar-refractivity contribution is -0.136. The second-order valence-corrected chi connectivity index (χ2v) is 6.08. The van der Waals surface area contributed by atoms with Crippen molar-refractivity contribution >= 4 is 29.5 Å². The zero-order valence-corrected chi connectivity index (χ0v) is 12.0. The predicted molar refractivity (Wildman–Crippen MR) is 75.1 cm³/mol. The van der Waals surface area contributed by atoms with Gasteiger partial charge in [0.15, 0.2) is 0 Å². The number of benzene rings is 1. The average molecular weight is 281 g/mol. The topological polar surface area (TPSA) is 61.1 Å². The Morgan fingerprint density at radius 3 is 2.61 bits per heavy atom. The molecule has 0 bridgehead atoms. The molecule has 0 amide bonds. The molecule has 0 heterocycles. The summed E-state index contributed by atoms with van der Waals surface area (Å²) in [7, 11) is 0. The van der Waals surface area contributed by atoms with E-state index in [0.717, 1.165) is 15.5 Å². The third-order valence-electron chi connectivity index (χ3n) is 2.32. The molecule has 1 atom stereocenters. The molecule has 3 nitrogen and oxygen atoms in total. The molecule has 18 heavy (non-hydrogen) atoms. The molecule has 0 aliphatic rings. The molecule has 1 rings (SSSR count). The fraction of sp³-hybridized carbons (Fsp3) is 0.385. The molecule has 0 aliphatic carbocycles. The van der Waals surface area contributed by atoms with E-state index in [4.69, 9.17) is 5.11 Å². The van der Waals surface area contributed by atoms with Crippen molar-refractivity contribution in [1.82, 2.24) is 0 Å². The number of hydrogen-bond acceptors (Lipinski definition) is 4. The van der Waals surface area contributed by atoms with Crippen molar-refractivity contribution < 1.29 is 9.90 Å². The third kappa shape index (κ3) is 3.69. The van der Waals surface area contributed by atoms with Crippen LogP contribution >= 0.6 is 23.5 Å². The lowest BCUT2D eigenvalue weighted by atomic mass is 10.2. The molecule has 1 aromatic rings. The number of hydrogen-bond donors (Lipinski definition) is 1. The molecule has 0 fully saturated rings. The minimum Gasteiger partial charge on any atom is -0.480 e. The van der Waals surface area contributed by atoms with Gasteiger partial charge in [-0.2, -0.15) is 5.26 Å². The van der Waals surface area contributed by atoms with Gasteiger partial charge in [0.1, 0.15) is 11.3 Å². The van der Waals surface area contributed by atoms with Gasteiger partial charge in [0.25, 0.3) is 0 Å². The number of carboxylic acid groups (broad SMARTS) is 1. The highest BCUT2D eigenvalue weighted by molar-refractivity contribution is 8.01. The van der Waals surface area contributed by atoms with E-state index in [-0.39, 0.29) is 0 Å². The fourth-order valence-corrected chi connectivity index (χ4v) is 3.31. The number of rotatable bonds is 6. The summed E-state index contributed by atoms with van der Waals surface area (Å²) in [5.41, 5.74) is 0.592. The van der Waals surface area contributed by atoms with Crippen LogP contribution in [0.4, 0.5) is 0 Å². The first-order valence-corrected chi connectivity index (χ1v) is 7.55. The lowest BCUT2D eigenvalue weighted by Crippen LogP contribution is -2.14. The Morgan fingerprint density at radius 1 is 1.44 bits per heavy atom. The largest absolute Gasteiger partial charge is 0.480 e. The second-order valence-electron chi connectivity index (χ2n) is 3.53. The van der Waals surface area contributed by atoms with Crippen molar-refractivity contribution in [2.45, 2.75) is 35.3 Å². The zero-order valence-electron chi connectivity index (χ0n) is 10.3. The lowest BCUT2D eigenvalue weighted by Gasteiger charge is -2.12. The van der Waals surface area contributed by atoms with Crippen LogP contribution in [0.15, 0.2) is 28.0 Å². The number of nitriles is 1. The number of carbonyl (C=O) groups is 1. The Kier molecular flexibility index (Phi) is 6.10. The van der Waals surface area contributed by atoms with Crippen LogP contribution in [-0.4, -0.2) is 22.1 Å². The molecular formula is C13H15NO2S2. The van der Waals surface area contributed by atoms with Crippen LogP contribution in [0.25, 0.3) is 0 Å². The number of carboxylic acids is 1. The quantitative estimate of drug-likeness (QED) is 0.807. The van der Waals surface area contributed by atoms with E-state index >= 15 is 0 Å². The monoisotopic (exact) mass is 281 g/mol. The fourth-order valence-electron chi connectivity index (χ4n) is 1.46. The number of nitrogens with zero attached hydrogens (tertiary/aromatic N) is 1. The Labute approximate surface area is 116 Å². The summed E-state index contributed by atoms with van der Waals surface area (Å²) in [6, 6.07) is 7.77. The van der Waals surface area contributed by atoms with Crippen LogP contribution < -0.4 is 0 Å². The minimum atomic E-state index is -0.833. The Hall–Kier alpha value is -1.12. The molecule has 96 valence electrons. The molecule has 0 aliphatic heterocycles. The van der Waals surface area contributed by atoms with Crippen molar-refractivity contribution in [2.75, 3.05) is 5.75 Å². The van der Waals surface area contributed by atoms with Crippen molar-refractivity contribution in [2.24, 2.45) is 0 Å². The first-order chi connectivity index (χ1) is 8.63. The van der Waals surface area contributed by atoms with E-state index in [1.54, 1.807) is 11.8 Å². The molecule has 1 N–H and O–H groups in total. The minimum absolute atomic E-state index is 0.501. The van der Waals surface area contributed by atoms with Crippen molar-refractivity contribution in [3.63, 3.8) is 0 Å². The smallest absolute Gasteiger partial charge is 0.316 e. The van der Waals surface area contributed by atoms with Gasteiger partial charge in [0.05, 0.1) is 5.56 Å². The maximum atomic E-state index is 11.0. The standard InChI is InChI=1S/C13H15NO2S2/c1-3-10(13(15)16)18-12-7-5-6-11(17-4-2)9(12)8-14/h5-7,10H,3-4H2,1-2H3,(H,15,16). The van der Waals surface area contributed by atoms with E-state index in [9.17, 15) is 10.1 Å². The first kappa shape index (κ1) is 14.9. The van der Waals surface area contributed by atoms with E-state index in [0.29, 0.717) is 12.0 Å². The maximum absolute atomic E-state index is 11.0. The van der Waals surface area contributed by atoms with Gasteiger partial charge in [-0.3, -0.25) is 4.79 Å². The summed E-state index contributed by atoms with van der Waals surface area (Å²) < 4.78 is 0. The average Bonchev–Trinajstić information content (AvgIpc) is 2.36. The Bertz CT molecular complexity index is 469. The third-order valence-corrected chi connectivity index (χ3v) is 4.67. The van der Waals surface area contributed by atoms with Crippen LogP contribution in [0.3, 0.4) is 0 Å². The van der Waals surface area contributed by atoms with Gasteiger partial charge in [0.2, 0.25) is 0 Å². The van der Waals surface area contributed by atoms with Crippen molar-refractivity contribution in [1.29, 1.82) is 5.26 Å². The van der Waals surface area contributed by atoms with Crippen LogP contribution in [0, 0.1) is 11.3 Å². The molecule has 0 radical (unpaired) electrons. The summed E-state index contributed by atoms with van der Waals surface area (Å²) in [6.45, 7) is 3.86. The molecular weight excluding hydrogens is 266 g/mol. The van der Waals surface area contributed by atoms with E-state index in [2.05, 4.69) is 6.07 Å². The molecule has 0 aromatic heterocycles. The summed E-state index contributed by atoms with van der Waals surface area (Å²) >= 11 is 2.85. The Morgan fingerprint density at radius 2 is 2.11 bits per heavy atom. The van der Waals surface area contributed by atoms with Gasteiger partial charge in [0, 0.05) is 9.79 Å². The van der Waals surface area contributed by atoms with Crippen LogP contribution in [0.5, 0.6) is 0 Å². The molecule has 0 saturated carbocycles. The summed E-state index contributed by atoms with van der Waals surface area (Å²) in [5.74, 6) is 0.0544. The number of thioether (sulfide) groups is 2. The van der Waals surface area contributed by atoms with Gasteiger partial charge < -0.3 is 5.11 Å². The van der Waals surface area contributed by atoms with E-state index < -0.39 is 11.2 Å². The van der Waals surface area contributed by atoms with E-state index in [1.807, 2.05) is 32.0 Å². The highest BCUT2D eigenvalue weighted by Crippen LogP contribution is 2.33. The van der Waals surface area contributed by atoms with Gasteiger partial charge >= 0.3 is 5.97 Å². The SMILES string of the molecule is CCSc1cccc(SC(CC)C(=O)O)c1C#N. The molecule has 1 unspecified atom stereocenters. The summed E-state index contributed by atoms with van der Waals surface area (Å²) in [6.07, 6.45) is 0.538. The molecule has 5 heteroatoms. The van der Waals surface area contributed by atoms with Crippen molar-refractivity contribution in [3.8, 4) is 6.07 Å². The molecule has 0 saturated heterocycles. The van der Waals surface area contributed by atoms with Gasteiger partial charge in [-0.25, -0.2) is 0 Å². The van der Waals surface area contributed by atoms with Crippen molar-refractivity contribution in [3.05, 3.63) is 23.8 Å². The summed E-state index contributed by atoms with van der Waals surface area (Å²) in [4.78, 5) is 12.7. The molecule has 1 aromatic carbocycles. The molecule has 0 spiro atoms. The Balaban J connectivity index is 3.05. The van der Waals surface area contributed by atoms with Crippen LogP contribution in [0.1, 0.15) is 25.8 Å².